The molecule has 2 aromatic heterocycles. The maximum absolute atomic E-state index is 6.34. The molecular weight excluding hydrogens is 304 g/mol. The molecule has 0 amide bonds. The van der Waals surface area contributed by atoms with Crippen molar-refractivity contribution in [3.63, 3.8) is 0 Å². The van der Waals surface area contributed by atoms with Crippen LogP contribution in [0.4, 0.5) is 11.4 Å². The van der Waals surface area contributed by atoms with E-state index in [1.807, 2.05) is 36.1 Å². The van der Waals surface area contributed by atoms with Gasteiger partial charge in [-0.15, -0.1) is 11.3 Å². The monoisotopic (exact) mass is 323 g/mol. The Bertz CT molecular complexity index is 830. The van der Waals surface area contributed by atoms with Crippen LogP contribution in [0, 0.1) is 0 Å². The standard InChI is InChI=1S/C18H19N4S/c1-22(13-5-4-9-20-11-13)10-8-16-18(23-12-21-16)17(22)14-6-2-3-7-15(14)19/h2-7,9,11-12,17H,8,10,19H2,1H3/q+1. The summed E-state index contributed by atoms with van der Waals surface area (Å²) in [6.45, 7) is 0.988. The Kier molecular flexibility index (Phi) is 3.39. The topological polar surface area (TPSA) is 51.8 Å². The molecule has 0 saturated heterocycles. The van der Waals surface area contributed by atoms with Crippen LogP contribution in [-0.4, -0.2) is 23.6 Å². The van der Waals surface area contributed by atoms with Gasteiger partial charge in [-0.25, -0.2) is 4.98 Å². The number of hydrogen-bond donors (Lipinski definition) is 1. The van der Waals surface area contributed by atoms with E-state index in [2.05, 4.69) is 35.2 Å². The van der Waals surface area contributed by atoms with Gasteiger partial charge in [0.25, 0.3) is 0 Å². The van der Waals surface area contributed by atoms with Gasteiger partial charge in [-0.1, -0.05) is 18.2 Å². The predicted octanol–water partition coefficient (Wildman–Crippen LogP) is 3.40. The molecule has 3 aromatic rings. The molecule has 4 nitrogen and oxygen atoms in total. The second kappa shape index (κ2) is 5.44. The Hall–Kier alpha value is -2.24. The Labute approximate surface area is 139 Å². The van der Waals surface area contributed by atoms with Crippen molar-refractivity contribution < 1.29 is 0 Å². The van der Waals surface area contributed by atoms with E-state index >= 15 is 0 Å². The lowest BCUT2D eigenvalue weighted by atomic mass is 9.93. The second-order valence-corrected chi connectivity index (χ2v) is 7.03. The third-order valence-corrected chi connectivity index (χ3v) is 5.75. The van der Waals surface area contributed by atoms with E-state index in [0.717, 1.165) is 23.1 Å². The van der Waals surface area contributed by atoms with Gasteiger partial charge in [0.1, 0.15) is 0 Å². The summed E-state index contributed by atoms with van der Waals surface area (Å²) in [5.41, 5.74) is 12.7. The number of nitrogen functional groups attached to an aromatic ring is 1. The maximum Gasteiger partial charge on any atom is 0.158 e. The highest BCUT2D eigenvalue weighted by molar-refractivity contribution is 7.09. The fourth-order valence-corrected chi connectivity index (χ4v) is 4.63. The van der Waals surface area contributed by atoms with Gasteiger partial charge in [0.2, 0.25) is 0 Å². The van der Waals surface area contributed by atoms with Gasteiger partial charge >= 0.3 is 0 Å². The molecule has 0 fully saturated rings. The molecule has 5 heteroatoms. The molecule has 2 atom stereocenters. The van der Waals surface area contributed by atoms with Gasteiger partial charge in [0.05, 0.1) is 35.9 Å². The zero-order valence-corrected chi connectivity index (χ0v) is 13.8. The van der Waals surface area contributed by atoms with Crippen LogP contribution in [0.3, 0.4) is 0 Å². The van der Waals surface area contributed by atoms with Gasteiger partial charge in [-0.05, 0) is 12.1 Å². The molecule has 3 heterocycles. The molecule has 0 bridgehead atoms. The molecule has 2 unspecified atom stereocenters. The first-order chi connectivity index (χ1) is 11.2. The van der Waals surface area contributed by atoms with E-state index in [-0.39, 0.29) is 6.04 Å². The van der Waals surface area contributed by atoms with Gasteiger partial charge in [-0.2, -0.15) is 0 Å². The molecule has 1 aliphatic heterocycles. The lowest BCUT2D eigenvalue weighted by Crippen LogP contribution is -2.52. The first-order valence-corrected chi connectivity index (χ1v) is 8.60. The fourth-order valence-electron chi connectivity index (χ4n) is 3.56. The van der Waals surface area contributed by atoms with Crippen molar-refractivity contribution in [1.82, 2.24) is 14.5 Å². The van der Waals surface area contributed by atoms with Crippen LogP contribution >= 0.6 is 11.3 Å². The zero-order chi connectivity index (χ0) is 15.9. The van der Waals surface area contributed by atoms with Crippen molar-refractivity contribution in [3.05, 3.63) is 70.4 Å². The van der Waals surface area contributed by atoms with Crippen molar-refractivity contribution in [3.8, 4) is 0 Å². The van der Waals surface area contributed by atoms with Crippen LogP contribution in [0.15, 0.2) is 54.3 Å². The fraction of sp³-hybridized carbons (Fsp3) is 0.222. The van der Waals surface area contributed by atoms with Crippen molar-refractivity contribution in [2.45, 2.75) is 12.5 Å². The smallest absolute Gasteiger partial charge is 0.158 e. The molecule has 0 aliphatic carbocycles. The normalized spacial score (nSPS) is 23.4. The quantitative estimate of drug-likeness (QED) is 0.581. The van der Waals surface area contributed by atoms with Gasteiger partial charge in [0, 0.05) is 29.9 Å². The number of pyridine rings is 1. The van der Waals surface area contributed by atoms with E-state index in [9.17, 15) is 0 Å². The second-order valence-electron chi connectivity index (χ2n) is 6.15. The predicted molar refractivity (Wildman–Crippen MR) is 95.3 cm³/mol. The first kappa shape index (κ1) is 14.4. The summed E-state index contributed by atoms with van der Waals surface area (Å²) >= 11 is 1.73. The Morgan fingerprint density at radius 1 is 1.22 bits per heavy atom. The van der Waals surface area contributed by atoms with Crippen LogP contribution < -0.4 is 10.2 Å². The third-order valence-electron chi connectivity index (χ3n) is 4.83. The zero-order valence-electron chi connectivity index (χ0n) is 13.0. The molecule has 4 rings (SSSR count). The number of thiazole rings is 1. The van der Waals surface area contributed by atoms with E-state index in [1.54, 1.807) is 11.3 Å². The number of benzene rings is 1. The molecular formula is C18H19N4S+. The Balaban J connectivity index is 1.95. The minimum Gasteiger partial charge on any atom is -0.398 e. The van der Waals surface area contributed by atoms with Crippen LogP contribution in [0.1, 0.15) is 22.2 Å². The average Bonchev–Trinajstić information content (AvgIpc) is 3.05. The molecule has 0 spiro atoms. The summed E-state index contributed by atoms with van der Waals surface area (Å²) in [4.78, 5) is 10.2. The van der Waals surface area contributed by atoms with Crippen molar-refractivity contribution in [2.75, 3.05) is 19.3 Å². The summed E-state index contributed by atoms with van der Waals surface area (Å²) in [6, 6.07) is 12.5. The van der Waals surface area contributed by atoms with Crippen LogP contribution in [-0.2, 0) is 6.42 Å². The molecule has 0 radical (unpaired) electrons. The highest BCUT2D eigenvalue weighted by Crippen LogP contribution is 2.45. The SMILES string of the molecule is C[N+]1(c2cccnc2)CCc2ncsc2C1c1ccccc1N. The number of para-hydroxylation sites is 1. The van der Waals surface area contributed by atoms with E-state index in [1.165, 1.54) is 21.8 Å². The van der Waals surface area contributed by atoms with E-state index in [4.69, 9.17) is 5.73 Å². The first-order valence-electron chi connectivity index (χ1n) is 7.72. The minimum atomic E-state index is 0.164. The average molecular weight is 323 g/mol. The Morgan fingerprint density at radius 3 is 2.87 bits per heavy atom. The summed E-state index contributed by atoms with van der Waals surface area (Å²) in [6.07, 6.45) is 4.77. The number of aromatic nitrogens is 2. The number of rotatable bonds is 2. The lowest BCUT2D eigenvalue weighted by molar-refractivity contribution is 0.265. The number of hydrogen-bond acceptors (Lipinski definition) is 4. The van der Waals surface area contributed by atoms with E-state index < -0.39 is 0 Å². The highest BCUT2D eigenvalue weighted by Gasteiger charge is 2.44. The van der Waals surface area contributed by atoms with Crippen molar-refractivity contribution >= 4 is 22.7 Å². The van der Waals surface area contributed by atoms with Crippen molar-refractivity contribution in [2.24, 2.45) is 0 Å². The highest BCUT2D eigenvalue weighted by atomic mass is 32.1. The van der Waals surface area contributed by atoms with Crippen LogP contribution in [0.5, 0.6) is 0 Å². The number of likely N-dealkylation sites (N-methyl/N-ethyl adjacent to an activating group) is 1. The number of nitrogens with two attached hydrogens (primary N) is 1. The van der Waals surface area contributed by atoms with Crippen LogP contribution in [0.2, 0.25) is 0 Å². The van der Waals surface area contributed by atoms with Gasteiger partial charge in [-0.3, -0.25) is 9.47 Å². The molecule has 0 saturated carbocycles. The molecule has 116 valence electrons. The summed E-state index contributed by atoms with van der Waals surface area (Å²) in [7, 11) is 2.27. The molecule has 23 heavy (non-hydrogen) atoms. The summed E-state index contributed by atoms with van der Waals surface area (Å²) in [5.74, 6) is 0. The van der Waals surface area contributed by atoms with Gasteiger partial charge in [0.15, 0.2) is 11.7 Å². The maximum atomic E-state index is 6.34. The number of nitrogens with zero attached hydrogens (tertiary/aromatic N) is 3. The summed E-state index contributed by atoms with van der Waals surface area (Å²) in [5, 5.41) is 0. The summed E-state index contributed by atoms with van der Waals surface area (Å²) < 4.78 is 0.775. The number of fused-ring (bicyclic) bond motifs is 1. The van der Waals surface area contributed by atoms with Crippen molar-refractivity contribution in [1.29, 1.82) is 0 Å². The number of quaternary nitrogens is 1. The third kappa shape index (κ3) is 2.24. The molecule has 2 N–H and O–H groups in total. The largest absolute Gasteiger partial charge is 0.398 e. The number of anilines is 1. The minimum absolute atomic E-state index is 0.164. The van der Waals surface area contributed by atoms with Gasteiger partial charge < -0.3 is 5.73 Å². The molecule has 1 aliphatic rings. The van der Waals surface area contributed by atoms with Crippen LogP contribution in [0.25, 0.3) is 0 Å². The lowest BCUT2D eigenvalue weighted by Gasteiger charge is -2.43. The van der Waals surface area contributed by atoms with E-state index in [0.29, 0.717) is 0 Å². The Morgan fingerprint density at radius 2 is 2.09 bits per heavy atom. The molecule has 1 aromatic carbocycles.